The Labute approximate surface area is 108 Å². The Morgan fingerprint density at radius 1 is 1.41 bits per heavy atom. The van der Waals surface area contributed by atoms with Crippen LogP contribution in [-0.2, 0) is 4.74 Å². The van der Waals surface area contributed by atoms with E-state index in [1.54, 1.807) is 13.2 Å². The largest absolute Gasteiger partial charge is 0.377 e. The van der Waals surface area contributed by atoms with Crippen LogP contribution in [-0.4, -0.2) is 29.2 Å². The fraction of sp³-hybridized carbons (Fsp3) is 0.667. The molecule has 1 rings (SSSR count). The van der Waals surface area contributed by atoms with Crippen LogP contribution in [0.4, 0.5) is 5.82 Å². The van der Waals surface area contributed by atoms with Crippen LogP contribution in [0.25, 0.3) is 0 Å². The van der Waals surface area contributed by atoms with E-state index in [4.69, 9.17) is 16.3 Å². The highest BCUT2D eigenvalue weighted by molar-refractivity contribution is 6.29. The van der Waals surface area contributed by atoms with Crippen molar-refractivity contribution in [1.82, 2.24) is 9.97 Å². The average Bonchev–Trinajstić information content (AvgIpc) is 2.26. The van der Waals surface area contributed by atoms with Crippen LogP contribution < -0.4 is 5.32 Å². The van der Waals surface area contributed by atoms with Crippen molar-refractivity contribution >= 4 is 17.4 Å². The lowest BCUT2D eigenvalue weighted by molar-refractivity contribution is 0.0343. The molecule has 0 atom stereocenters. The van der Waals surface area contributed by atoms with Crippen LogP contribution in [0, 0.1) is 0 Å². The van der Waals surface area contributed by atoms with E-state index in [1.807, 2.05) is 27.7 Å². The number of anilines is 1. The summed E-state index contributed by atoms with van der Waals surface area (Å²) in [5, 5.41) is 3.67. The van der Waals surface area contributed by atoms with E-state index in [0.29, 0.717) is 11.7 Å². The first-order valence-electron chi connectivity index (χ1n) is 5.67. The summed E-state index contributed by atoms with van der Waals surface area (Å²) in [6, 6.07) is 1.72. The maximum absolute atomic E-state index is 5.96. The molecular weight excluding hydrogens is 238 g/mol. The molecule has 0 saturated heterocycles. The Hall–Kier alpha value is -0.870. The minimum atomic E-state index is -0.241. The van der Waals surface area contributed by atoms with Crippen molar-refractivity contribution in [2.45, 2.75) is 39.2 Å². The molecule has 17 heavy (non-hydrogen) atoms. The first kappa shape index (κ1) is 14.2. The molecule has 0 bridgehead atoms. The molecule has 0 aliphatic heterocycles. The van der Waals surface area contributed by atoms with Crippen molar-refractivity contribution in [2.24, 2.45) is 0 Å². The highest BCUT2D eigenvalue weighted by Crippen LogP contribution is 2.18. The minimum absolute atomic E-state index is 0.241. The Balaban J connectivity index is 2.78. The van der Waals surface area contributed by atoms with Gasteiger partial charge in [0.1, 0.15) is 16.8 Å². The summed E-state index contributed by atoms with van der Waals surface area (Å²) in [5.41, 5.74) is -0.241. The number of halogens is 1. The van der Waals surface area contributed by atoms with Crippen LogP contribution in [0.2, 0.25) is 5.15 Å². The van der Waals surface area contributed by atoms with Crippen molar-refractivity contribution in [1.29, 1.82) is 0 Å². The van der Waals surface area contributed by atoms with Crippen molar-refractivity contribution in [3.63, 3.8) is 0 Å². The van der Waals surface area contributed by atoms with E-state index in [9.17, 15) is 0 Å². The first-order valence-corrected chi connectivity index (χ1v) is 6.05. The number of hydrogen-bond donors (Lipinski definition) is 1. The van der Waals surface area contributed by atoms with E-state index in [2.05, 4.69) is 15.3 Å². The summed E-state index contributed by atoms with van der Waals surface area (Å²) in [6.45, 7) is 8.75. The zero-order valence-electron chi connectivity index (χ0n) is 11.0. The molecule has 0 aromatic carbocycles. The van der Waals surface area contributed by atoms with Gasteiger partial charge in [0.05, 0.1) is 5.60 Å². The smallest absolute Gasteiger partial charge is 0.135 e. The molecular formula is C12H20ClN3O. The van der Waals surface area contributed by atoms with Crippen molar-refractivity contribution in [2.75, 3.05) is 19.0 Å². The summed E-state index contributed by atoms with van der Waals surface area (Å²) in [4.78, 5) is 8.59. The molecule has 0 aliphatic rings. The van der Waals surface area contributed by atoms with Crippen molar-refractivity contribution < 1.29 is 4.74 Å². The van der Waals surface area contributed by atoms with Gasteiger partial charge in [0.2, 0.25) is 0 Å². The van der Waals surface area contributed by atoms with Crippen LogP contribution in [0.3, 0.4) is 0 Å². The van der Waals surface area contributed by atoms with Gasteiger partial charge in [-0.2, -0.15) is 0 Å². The maximum Gasteiger partial charge on any atom is 0.135 e. The lowest BCUT2D eigenvalue weighted by atomic mass is 10.1. The van der Waals surface area contributed by atoms with E-state index in [0.717, 1.165) is 11.6 Å². The molecule has 0 fully saturated rings. The Morgan fingerprint density at radius 3 is 2.59 bits per heavy atom. The van der Waals surface area contributed by atoms with Gasteiger partial charge in [0, 0.05) is 25.6 Å². The summed E-state index contributed by atoms with van der Waals surface area (Å²) < 4.78 is 5.33. The number of nitrogens with zero attached hydrogens (tertiary/aromatic N) is 2. The number of aromatic nitrogens is 2. The average molecular weight is 258 g/mol. The highest BCUT2D eigenvalue weighted by atomic mass is 35.5. The maximum atomic E-state index is 5.96. The Morgan fingerprint density at radius 2 is 2.06 bits per heavy atom. The second-order valence-electron chi connectivity index (χ2n) is 4.91. The molecule has 0 radical (unpaired) electrons. The normalized spacial score (nSPS) is 11.9. The molecule has 1 N–H and O–H groups in total. The van der Waals surface area contributed by atoms with Crippen LogP contribution >= 0.6 is 11.6 Å². The van der Waals surface area contributed by atoms with Gasteiger partial charge in [-0.3, -0.25) is 0 Å². The van der Waals surface area contributed by atoms with E-state index in [1.165, 1.54) is 0 Å². The van der Waals surface area contributed by atoms with Crippen LogP contribution in [0.5, 0.6) is 0 Å². The van der Waals surface area contributed by atoms with Gasteiger partial charge in [-0.25, -0.2) is 9.97 Å². The zero-order valence-corrected chi connectivity index (χ0v) is 11.8. The summed E-state index contributed by atoms with van der Waals surface area (Å²) in [7, 11) is 1.69. The van der Waals surface area contributed by atoms with Gasteiger partial charge in [0.25, 0.3) is 0 Å². The third-order valence-electron chi connectivity index (χ3n) is 2.48. The molecule has 5 heteroatoms. The minimum Gasteiger partial charge on any atom is -0.377 e. The second-order valence-corrected chi connectivity index (χ2v) is 5.29. The van der Waals surface area contributed by atoms with Gasteiger partial charge in [-0.15, -0.1) is 0 Å². The molecule has 1 heterocycles. The van der Waals surface area contributed by atoms with Gasteiger partial charge < -0.3 is 10.1 Å². The van der Waals surface area contributed by atoms with Gasteiger partial charge >= 0.3 is 0 Å². The van der Waals surface area contributed by atoms with Crippen molar-refractivity contribution in [3.8, 4) is 0 Å². The van der Waals surface area contributed by atoms with Gasteiger partial charge in [-0.1, -0.05) is 25.4 Å². The lowest BCUT2D eigenvalue weighted by Crippen LogP contribution is -2.32. The molecule has 4 nitrogen and oxygen atoms in total. The quantitative estimate of drug-likeness (QED) is 0.824. The SMILES string of the molecule is COC(C)(C)CNc1cc(Cl)nc(C(C)C)n1. The molecule has 1 aromatic heterocycles. The summed E-state index contributed by atoms with van der Waals surface area (Å²) in [5.74, 6) is 1.73. The molecule has 0 unspecified atom stereocenters. The molecule has 0 saturated carbocycles. The summed E-state index contributed by atoms with van der Waals surface area (Å²) >= 11 is 5.96. The first-order chi connectivity index (χ1) is 7.84. The number of hydrogen-bond acceptors (Lipinski definition) is 4. The molecule has 0 aliphatic carbocycles. The Kier molecular flexibility index (Phi) is 4.71. The fourth-order valence-electron chi connectivity index (χ4n) is 1.16. The third-order valence-corrected chi connectivity index (χ3v) is 2.67. The van der Waals surface area contributed by atoms with E-state index >= 15 is 0 Å². The highest BCUT2D eigenvalue weighted by Gasteiger charge is 2.16. The predicted octanol–water partition coefficient (Wildman–Crippen LogP) is 3.09. The number of methoxy groups -OCH3 is 1. The van der Waals surface area contributed by atoms with Crippen molar-refractivity contribution in [3.05, 3.63) is 17.0 Å². The van der Waals surface area contributed by atoms with Crippen LogP contribution in [0.15, 0.2) is 6.07 Å². The molecule has 0 amide bonds. The summed E-state index contributed by atoms with van der Waals surface area (Å²) in [6.07, 6.45) is 0. The lowest BCUT2D eigenvalue weighted by Gasteiger charge is -2.23. The predicted molar refractivity (Wildman–Crippen MR) is 70.7 cm³/mol. The topological polar surface area (TPSA) is 47.0 Å². The van der Waals surface area contributed by atoms with E-state index in [-0.39, 0.29) is 11.5 Å². The van der Waals surface area contributed by atoms with E-state index < -0.39 is 0 Å². The van der Waals surface area contributed by atoms with Gasteiger partial charge in [-0.05, 0) is 13.8 Å². The second kappa shape index (κ2) is 5.65. The monoisotopic (exact) mass is 257 g/mol. The number of rotatable bonds is 5. The van der Waals surface area contributed by atoms with Gasteiger partial charge in [0.15, 0.2) is 0 Å². The number of nitrogens with one attached hydrogen (secondary N) is 1. The zero-order chi connectivity index (χ0) is 13.1. The molecule has 0 spiro atoms. The fourth-order valence-corrected chi connectivity index (χ4v) is 1.35. The number of ether oxygens (including phenoxy) is 1. The molecule has 96 valence electrons. The standard InChI is InChI=1S/C12H20ClN3O/c1-8(2)11-15-9(13)6-10(16-11)14-7-12(3,4)17-5/h6,8H,7H2,1-5H3,(H,14,15,16). The Bertz CT molecular complexity index is 380. The van der Waals surface area contributed by atoms with Crippen LogP contribution in [0.1, 0.15) is 39.4 Å². The third kappa shape index (κ3) is 4.48. The molecule has 1 aromatic rings.